The van der Waals surface area contributed by atoms with E-state index < -0.39 is 0 Å². The van der Waals surface area contributed by atoms with Gasteiger partial charge in [0.25, 0.3) is 0 Å². The number of nitrogen functional groups attached to an aromatic ring is 1. The zero-order chi connectivity index (χ0) is 13.1. The monoisotopic (exact) mass is 312 g/mol. The molecule has 0 amide bonds. The Bertz CT molecular complexity index is 527. The minimum atomic E-state index is -0.371. The third kappa shape index (κ3) is 2.64. The number of nitrogens with two attached hydrogens (primary N) is 1. The van der Waals surface area contributed by atoms with Gasteiger partial charge in [-0.25, -0.2) is 9.37 Å². The van der Waals surface area contributed by atoms with Gasteiger partial charge in [0, 0.05) is 18.5 Å². The summed E-state index contributed by atoms with van der Waals surface area (Å²) >= 11 is 3.15. The van der Waals surface area contributed by atoms with Gasteiger partial charge in [-0.3, -0.25) is 0 Å². The maximum atomic E-state index is 13.3. The number of imidazole rings is 1. The average molecular weight is 313 g/mol. The number of rotatable bonds is 4. The largest absolute Gasteiger partial charge is 0.397 e. The molecule has 1 atom stereocenters. The maximum Gasteiger partial charge on any atom is 0.139 e. The van der Waals surface area contributed by atoms with Crippen molar-refractivity contribution in [2.75, 3.05) is 11.1 Å². The summed E-state index contributed by atoms with van der Waals surface area (Å²) in [7, 11) is 0. The third-order valence-corrected chi connectivity index (χ3v) is 3.29. The summed E-state index contributed by atoms with van der Waals surface area (Å²) in [5.41, 5.74) is 6.85. The van der Waals surface area contributed by atoms with Crippen molar-refractivity contribution in [3.8, 4) is 0 Å². The number of hydrogen-bond acceptors (Lipinski definition) is 3. The summed E-state index contributed by atoms with van der Waals surface area (Å²) < 4.78 is 13.7. The number of benzene rings is 1. The molecule has 0 aliphatic rings. The maximum absolute atomic E-state index is 13.3. The van der Waals surface area contributed by atoms with Crippen molar-refractivity contribution >= 4 is 27.3 Å². The second kappa shape index (κ2) is 5.39. The molecular weight excluding hydrogens is 299 g/mol. The molecule has 0 fully saturated rings. The van der Waals surface area contributed by atoms with Crippen molar-refractivity contribution in [3.05, 3.63) is 40.6 Å². The Kier molecular flexibility index (Phi) is 3.86. The van der Waals surface area contributed by atoms with Gasteiger partial charge in [0.2, 0.25) is 0 Å². The Morgan fingerprint density at radius 3 is 2.94 bits per heavy atom. The number of nitrogens with one attached hydrogen (secondary N) is 2. The van der Waals surface area contributed by atoms with Crippen LogP contribution in [0.2, 0.25) is 0 Å². The zero-order valence-electron chi connectivity index (χ0n) is 9.87. The summed E-state index contributed by atoms with van der Waals surface area (Å²) in [6.45, 7) is 2.04. The van der Waals surface area contributed by atoms with E-state index in [1.807, 2.05) is 6.92 Å². The van der Waals surface area contributed by atoms with Gasteiger partial charge in [0.15, 0.2) is 0 Å². The first-order valence-electron chi connectivity index (χ1n) is 5.62. The molecular formula is C12H14BrFN4. The highest BCUT2D eigenvalue weighted by atomic mass is 79.9. The molecule has 6 heteroatoms. The Balaban J connectivity index is 2.25. The lowest BCUT2D eigenvalue weighted by Gasteiger charge is -2.18. The van der Waals surface area contributed by atoms with Gasteiger partial charge in [-0.05, 0) is 28.4 Å². The molecule has 0 saturated carbocycles. The molecule has 2 rings (SSSR count). The Morgan fingerprint density at radius 2 is 2.33 bits per heavy atom. The molecule has 0 aliphatic carbocycles. The average Bonchev–Trinajstić information content (AvgIpc) is 2.85. The van der Waals surface area contributed by atoms with E-state index in [9.17, 15) is 4.39 Å². The first kappa shape index (κ1) is 12.9. The first-order valence-corrected chi connectivity index (χ1v) is 6.41. The van der Waals surface area contributed by atoms with E-state index >= 15 is 0 Å². The molecule has 1 unspecified atom stereocenters. The lowest BCUT2D eigenvalue weighted by atomic mass is 10.2. The molecule has 0 bridgehead atoms. The minimum Gasteiger partial charge on any atom is -0.397 e. The number of aromatic nitrogens is 2. The quantitative estimate of drug-likeness (QED) is 0.757. The molecule has 4 nitrogen and oxygen atoms in total. The van der Waals surface area contributed by atoms with E-state index in [0.29, 0.717) is 15.8 Å². The summed E-state index contributed by atoms with van der Waals surface area (Å²) in [5.74, 6) is 0.460. The van der Waals surface area contributed by atoms with Crippen molar-refractivity contribution in [2.45, 2.75) is 19.4 Å². The fraction of sp³-hybridized carbons (Fsp3) is 0.250. The highest BCUT2D eigenvalue weighted by Gasteiger charge is 2.14. The van der Waals surface area contributed by atoms with Gasteiger partial charge >= 0.3 is 0 Å². The molecule has 0 saturated heterocycles. The van der Waals surface area contributed by atoms with Gasteiger partial charge < -0.3 is 16.0 Å². The number of nitrogens with zero attached hydrogens (tertiary/aromatic N) is 1. The molecule has 2 aromatic rings. The third-order valence-electron chi connectivity index (χ3n) is 2.68. The molecule has 96 valence electrons. The van der Waals surface area contributed by atoms with Crippen molar-refractivity contribution in [2.24, 2.45) is 0 Å². The molecule has 1 aromatic heterocycles. The van der Waals surface area contributed by atoms with Crippen LogP contribution in [-0.2, 0) is 0 Å². The fourth-order valence-corrected chi connectivity index (χ4v) is 2.05. The minimum absolute atomic E-state index is 0.0136. The first-order chi connectivity index (χ1) is 8.61. The Labute approximate surface area is 113 Å². The van der Waals surface area contributed by atoms with E-state index in [1.54, 1.807) is 18.5 Å². The van der Waals surface area contributed by atoms with Gasteiger partial charge in [-0.2, -0.15) is 0 Å². The molecule has 18 heavy (non-hydrogen) atoms. The van der Waals surface area contributed by atoms with Gasteiger partial charge in [-0.1, -0.05) is 6.92 Å². The number of hydrogen-bond donors (Lipinski definition) is 3. The summed E-state index contributed by atoms with van der Waals surface area (Å²) in [6, 6.07) is 2.94. The highest BCUT2D eigenvalue weighted by molar-refractivity contribution is 9.10. The van der Waals surface area contributed by atoms with Crippen LogP contribution in [0.1, 0.15) is 25.2 Å². The van der Waals surface area contributed by atoms with Crippen molar-refractivity contribution < 1.29 is 4.39 Å². The fourth-order valence-electron chi connectivity index (χ4n) is 1.71. The van der Waals surface area contributed by atoms with Crippen LogP contribution in [0.3, 0.4) is 0 Å². The van der Waals surface area contributed by atoms with Crippen LogP contribution in [0.5, 0.6) is 0 Å². The van der Waals surface area contributed by atoms with Crippen LogP contribution in [0.4, 0.5) is 15.8 Å². The van der Waals surface area contributed by atoms with Crippen LogP contribution in [-0.4, -0.2) is 9.97 Å². The smallest absolute Gasteiger partial charge is 0.139 e. The second-order valence-electron chi connectivity index (χ2n) is 3.93. The summed E-state index contributed by atoms with van der Waals surface area (Å²) in [6.07, 6.45) is 4.30. The van der Waals surface area contributed by atoms with Crippen molar-refractivity contribution in [1.82, 2.24) is 9.97 Å². The standard InChI is InChI=1S/C12H14BrFN4/c1-2-10(12-16-3-4-17-12)18-11-5-7(13)8(14)6-9(11)15/h3-6,10,18H,2,15H2,1H3,(H,16,17). The van der Waals surface area contributed by atoms with E-state index in [0.717, 1.165) is 12.2 Å². The number of halogens is 2. The van der Waals surface area contributed by atoms with Crippen LogP contribution in [0, 0.1) is 5.82 Å². The lowest BCUT2D eigenvalue weighted by molar-refractivity contribution is 0.621. The lowest BCUT2D eigenvalue weighted by Crippen LogP contribution is -2.12. The predicted octanol–water partition coefficient (Wildman–Crippen LogP) is 3.46. The molecule has 1 heterocycles. The second-order valence-corrected chi connectivity index (χ2v) is 4.79. The normalized spacial score (nSPS) is 12.4. The van der Waals surface area contributed by atoms with Gasteiger partial charge in [0.1, 0.15) is 11.6 Å². The van der Waals surface area contributed by atoms with Crippen LogP contribution in [0.15, 0.2) is 29.0 Å². The SMILES string of the molecule is CCC(Nc1cc(Br)c(F)cc1N)c1ncc[nH]1. The molecule has 0 radical (unpaired) electrons. The molecule has 1 aromatic carbocycles. The number of aromatic amines is 1. The van der Waals surface area contributed by atoms with Gasteiger partial charge in [0.05, 0.1) is 21.9 Å². The van der Waals surface area contributed by atoms with Crippen LogP contribution < -0.4 is 11.1 Å². The van der Waals surface area contributed by atoms with Gasteiger partial charge in [-0.15, -0.1) is 0 Å². The van der Waals surface area contributed by atoms with Crippen LogP contribution in [0.25, 0.3) is 0 Å². The summed E-state index contributed by atoms with van der Waals surface area (Å²) in [5, 5.41) is 3.25. The highest BCUT2D eigenvalue weighted by Crippen LogP contribution is 2.29. The predicted molar refractivity (Wildman–Crippen MR) is 73.8 cm³/mol. The molecule has 0 spiro atoms. The van der Waals surface area contributed by atoms with E-state index in [1.165, 1.54) is 6.07 Å². The summed E-state index contributed by atoms with van der Waals surface area (Å²) in [4.78, 5) is 7.26. The Morgan fingerprint density at radius 1 is 1.56 bits per heavy atom. The zero-order valence-corrected chi connectivity index (χ0v) is 11.5. The van der Waals surface area contributed by atoms with E-state index in [-0.39, 0.29) is 11.9 Å². The molecule has 0 aliphatic heterocycles. The number of H-pyrrole nitrogens is 1. The Hall–Kier alpha value is -1.56. The van der Waals surface area contributed by atoms with E-state index in [4.69, 9.17) is 5.73 Å². The molecule has 4 N–H and O–H groups in total. The van der Waals surface area contributed by atoms with E-state index in [2.05, 4.69) is 31.2 Å². The topological polar surface area (TPSA) is 66.7 Å². The van der Waals surface area contributed by atoms with Crippen molar-refractivity contribution in [3.63, 3.8) is 0 Å². The van der Waals surface area contributed by atoms with Crippen LogP contribution >= 0.6 is 15.9 Å². The number of anilines is 2. The van der Waals surface area contributed by atoms with Crippen molar-refractivity contribution in [1.29, 1.82) is 0 Å².